The van der Waals surface area contributed by atoms with Crippen molar-refractivity contribution in [3.63, 3.8) is 0 Å². The van der Waals surface area contributed by atoms with Crippen LogP contribution in [0.25, 0.3) is 21.9 Å². The Morgan fingerprint density at radius 1 is 1.07 bits per heavy atom. The summed E-state index contributed by atoms with van der Waals surface area (Å²) in [6.45, 7) is 10.4. The van der Waals surface area contributed by atoms with Crippen molar-refractivity contribution in [1.82, 2.24) is 14.8 Å². The molecule has 228 valence electrons. The first-order chi connectivity index (χ1) is 20.2. The summed E-state index contributed by atoms with van der Waals surface area (Å²) in [5, 5.41) is 8.76. The van der Waals surface area contributed by atoms with E-state index < -0.39 is 29.0 Å². The number of ether oxygens (including phenoxy) is 3. The Morgan fingerprint density at radius 3 is 2.40 bits per heavy atom. The molecule has 11 heteroatoms. The monoisotopic (exact) mass is 589 g/mol. The highest BCUT2D eigenvalue weighted by atomic mass is 16.6. The third-order valence-corrected chi connectivity index (χ3v) is 6.78. The molecule has 0 saturated carbocycles. The molecule has 0 fully saturated rings. The first-order valence-electron chi connectivity index (χ1n) is 14.1. The van der Waals surface area contributed by atoms with E-state index in [0.29, 0.717) is 33.4 Å². The van der Waals surface area contributed by atoms with Gasteiger partial charge in [0.25, 0.3) is 0 Å². The standard InChI is InChI=1S/C32H39N5O6/c1-19(2)16-32(33,29(39)43-31(4,5)6)25(38)17-34-27-23-15-22(41-7)13-14-24(23)35-28-26(27)20(3)36-37(28)30(40)42-18-21-11-9-8-10-12-21/h8-15,19H,16-18,33H2,1-7H3,(H,34,35)/t32-/m1/s1. The predicted octanol–water partition coefficient (Wildman–Crippen LogP) is 5.15. The molecule has 11 nitrogen and oxygen atoms in total. The van der Waals surface area contributed by atoms with Crippen LogP contribution in [0.5, 0.6) is 5.75 Å². The van der Waals surface area contributed by atoms with Crippen LogP contribution in [-0.4, -0.2) is 57.4 Å². The maximum Gasteiger partial charge on any atom is 0.437 e. The van der Waals surface area contributed by atoms with Gasteiger partial charge in [-0.3, -0.25) is 4.79 Å². The summed E-state index contributed by atoms with van der Waals surface area (Å²) in [7, 11) is 1.55. The summed E-state index contributed by atoms with van der Waals surface area (Å²) in [5.74, 6) is -0.806. The number of nitrogens with zero attached hydrogens (tertiary/aromatic N) is 3. The normalized spacial score (nSPS) is 13.1. The lowest BCUT2D eigenvalue weighted by Gasteiger charge is -2.31. The average Bonchev–Trinajstić information content (AvgIpc) is 3.28. The number of anilines is 1. The maximum atomic E-state index is 13.7. The Bertz CT molecular complexity index is 1660. The molecule has 0 unspecified atom stereocenters. The molecule has 4 rings (SSSR count). The molecule has 2 aromatic heterocycles. The van der Waals surface area contributed by atoms with Crippen LogP contribution < -0.4 is 15.8 Å². The molecule has 0 spiro atoms. The van der Waals surface area contributed by atoms with Crippen molar-refractivity contribution in [2.24, 2.45) is 11.7 Å². The first-order valence-corrected chi connectivity index (χ1v) is 14.1. The topological polar surface area (TPSA) is 148 Å². The zero-order valence-electron chi connectivity index (χ0n) is 25.7. The van der Waals surface area contributed by atoms with Crippen LogP contribution in [0.2, 0.25) is 0 Å². The zero-order chi connectivity index (χ0) is 31.5. The molecule has 3 N–H and O–H groups in total. The van der Waals surface area contributed by atoms with Gasteiger partial charge in [0.05, 0.1) is 35.9 Å². The SMILES string of the molecule is COc1ccc2nc3c(c(C)nn3C(=O)OCc3ccccc3)c(NCC(=O)[C@](N)(CC(C)C)C(=O)OC(C)(C)C)c2c1. The summed E-state index contributed by atoms with van der Waals surface area (Å²) < 4.78 is 17.6. The van der Waals surface area contributed by atoms with E-state index in [1.807, 2.05) is 44.2 Å². The number of Topliss-reactive ketones (excluding diaryl/α,β-unsaturated/α-hetero) is 1. The Balaban J connectivity index is 1.74. The summed E-state index contributed by atoms with van der Waals surface area (Å²) in [6, 6.07) is 14.6. The van der Waals surface area contributed by atoms with E-state index in [1.54, 1.807) is 53.0 Å². The Kier molecular flexibility index (Phi) is 9.05. The number of nitrogens with one attached hydrogen (secondary N) is 1. The second-order valence-electron chi connectivity index (χ2n) is 12.0. The van der Waals surface area contributed by atoms with Gasteiger partial charge in [-0.15, -0.1) is 4.68 Å². The van der Waals surface area contributed by atoms with Crippen molar-refractivity contribution in [2.75, 3.05) is 19.0 Å². The molecule has 1 atom stereocenters. The van der Waals surface area contributed by atoms with Gasteiger partial charge in [0.15, 0.2) is 17.0 Å². The van der Waals surface area contributed by atoms with Gasteiger partial charge < -0.3 is 25.3 Å². The van der Waals surface area contributed by atoms with Crippen molar-refractivity contribution in [3.8, 4) is 5.75 Å². The molecular formula is C32H39N5O6. The van der Waals surface area contributed by atoms with Crippen molar-refractivity contribution in [3.05, 3.63) is 59.8 Å². The van der Waals surface area contributed by atoms with Gasteiger partial charge in [0.2, 0.25) is 0 Å². The van der Waals surface area contributed by atoms with Gasteiger partial charge >= 0.3 is 12.1 Å². The predicted molar refractivity (Wildman–Crippen MR) is 164 cm³/mol. The second-order valence-corrected chi connectivity index (χ2v) is 12.0. The Morgan fingerprint density at radius 2 is 1.77 bits per heavy atom. The third-order valence-electron chi connectivity index (χ3n) is 6.78. The first kappa shape index (κ1) is 31.4. The molecule has 2 aromatic carbocycles. The molecule has 0 aliphatic carbocycles. The van der Waals surface area contributed by atoms with Gasteiger partial charge in [0, 0.05) is 5.39 Å². The van der Waals surface area contributed by atoms with E-state index in [-0.39, 0.29) is 31.1 Å². The average molecular weight is 590 g/mol. The number of fused-ring (bicyclic) bond motifs is 2. The number of benzene rings is 2. The van der Waals surface area contributed by atoms with Crippen LogP contribution in [0, 0.1) is 12.8 Å². The molecule has 0 aliphatic heterocycles. The fraction of sp³-hybridized carbons (Fsp3) is 0.406. The minimum absolute atomic E-state index is 0.0541. The highest BCUT2D eigenvalue weighted by molar-refractivity contribution is 6.13. The number of ketones is 1. The van der Waals surface area contributed by atoms with Crippen molar-refractivity contribution in [1.29, 1.82) is 0 Å². The van der Waals surface area contributed by atoms with E-state index in [1.165, 1.54) is 0 Å². The van der Waals surface area contributed by atoms with E-state index in [0.717, 1.165) is 10.2 Å². The number of methoxy groups -OCH3 is 1. The summed E-state index contributed by atoms with van der Waals surface area (Å²) in [4.78, 5) is 44.8. The lowest BCUT2D eigenvalue weighted by atomic mass is 9.85. The molecule has 0 bridgehead atoms. The smallest absolute Gasteiger partial charge is 0.437 e. The van der Waals surface area contributed by atoms with Crippen molar-refractivity contribution < 1.29 is 28.6 Å². The molecule has 43 heavy (non-hydrogen) atoms. The number of carbonyl (C=O) groups excluding carboxylic acids is 3. The van der Waals surface area contributed by atoms with Crippen LogP contribution in [-0.2, 0) is 25.7 Å². The number of hydrogen-bond donors (Lipinski definition) is 2. The molecule has 0 aliphatic rings. The number of aromatic nitrogens is 3. The number of hydrogen-bond acceptors (Lipinski definition) is 10. The highest BCUT2D eigenvalue weighted by Gasteiger charge is 2.45. The number of aryl methyl sites for hydroxylation is 1. The molecule has 0 amide bonds. The fourth-order valence-electron chi connectivity index (χ4n) is 4.84. The molecule has 0 radical (unpaired) electrons. The van der Waals surface area contributed by atoms with E-state index in [2.05, 4.69) is 10.4 Å². The van der Waals surface area contributed by atoms with Crippen LogP contribution in [0.4, 0.5) is 10.5 Å². The van der Waals surface area contributed by atoms with Crippen LogP contribution >= 0.6 is 0 Å². The minimum Gasteiger partial charge on any atom is -0.497 e. The van der Waals surface area contributed by atoms with E-state index >= 15 is 0 Å². The van der Waals surface area contributed by atoms with Crippen molar-refractivity contribution >= 4 is 45.5 Å². The second kappa shape index (κ2) is 12.4. The van der Waals surface area contributed by atoms with Crippen LogP contribution in [0.3, 0.4) is 0 Å². The third kappa shape index (κ3) is 6.94. The van der Waals surface area contributed by atoms with Crippen LogP contribution in [0.1, 0.15) is 52.3 Å². The fourth-order valence-corrected chi connectivity index (χ4v) is 4.84. The lowest BCUT2D eigenvalue weighted by Crippen LogP contribution is -2.59. The molecule has 4 aromatic rings. The molecule has 0 saturated heterocycles. The molecule has 2 heterocycles. The largest absolute Gasteiger partial charge is 0.497 e. The lowest BCUT2D eigenvalue weighted by molar-refractivity contribution is -0.164. The summed E-state index contributed by atoms with van der Waals surface area (Å²) >= 11 is 0. The highest BCUT2D eigenvalue weighted by Crippen LogP contribution is 2.35. The summed E-state index contributed by atoms with van der Waals surface area (Å²) in [5.41, 5.74) is 6.38. The number of carbonyl (C=O) groups is 3. The Labute approximate surface area is 250 Å². The van der Waals surface area contributed by atoms with E-state index in [9.17, 15) is 14.4 Å². The number of nitrogens with two attached hydrogens (primary N) is 1. The van der Waals surface area contributed by atoms with Gasteiger partial charge in [-0.2, -0.15) is 5.10 Å². The number of rotatable bonds is 10. The van der Waals surface area contributed by atoms with Gasteiger partial charge in [-0.05, 0) is 63.8 Å². The van der Waals surface area contributed by atoms with Crippen LogP contribution in [0.15, 0.2) is 48.5 Å². The van der Waals surface area contributed by atoms with Gasteiger partial charge in [-0.25, -0.2) is 14.6 Å². The minimum atomic E-state index is -1.87. The molecular weight excluding hydrogens is 550 g/mol. The Hall–Kier alpha value is -4.51. The van der Waals surface area contributed by atoms with Gasteiger partial charge in [-0.1, -0.05) is 44.2 Å². The quantitative estimate of drug-likeness (QED) is 0.188. The number of esters is 1. The van der Waals surface area contributed by atoms with Gasteiger partial charge in [0.1, 0.15) is 18.0 Å². The zero-order valence-corrected chi connectivity index (χ0v) is 25.7. The maximum absolute atomic E-state index is 13.7. The number of pyridine rings is 1. The summed E-state index contributed by atoms with van der Waals surface area (Å²) in [6.07, 6.45) is -0.598. The van der Waals surface area contributed by atoms with E-state index in [4.69, 9.17) is 24.9 Å². The van der Waals surface area contributed by atoms with Crippen molar-refractivity contribution in [2.45, 2.75) is 65.7 Å².